The van der Waals surface area contributed by atoms with Crippen LogP contribution in [0.1, 0.15) is 37.8 Å². The van der Waals surface area contributed by atoms with Crippen molar-refractivity contribution in [2.45, 2.75) is 38.3 Å². The summed E-state index contributed by atoms with van der Waals surface area (Å²) in [4.78, 5) is 2.08. The molecule has 0 radical (unpaired) electrons. The van der Waals surface area contributed by atoms with E-state index in [0.29, 0.717) is 11.5 Å². The van der Waals surface area contributed by atoms with Gasteiger partial charge in [-0.25, -0.2) is 0 Å². The molecule has 3 rings (SSSR count). The normalized spacial score (nSPS) is 24.8. The number of nitriles is 1. The Morgan fingerprint density at radius 1 is 1.44 bits per heavy atom. The Morgan fingerprint density at radius 3 is 2.78 bits per heavy atom. The quantitative estimate of drug-likeness (QED) is 0.866. The van der Waals surface area contributed by atoms with Crippen LogP contribution in [0.25, 0.3) is 0 Å². The van der Waals surface area contributed by atoms with Gasteiger partial charge >= 0.3 is 0 Å². The number of aliphatic hydroxyl groups excluding tert-OH is 1. The van der Waals surface area contributed by atoms with Gasteiger partial charge in [0.2, 0.25) is 0 Å². The van der Waals surface area contributed by atoms with Gasteiger partial charge in [-0.1, -0.05) is 19.9 Å². The van der Waals surface area contributed by atoms with E-state index < -0.39 is 6.23 Å². The van der Waals surface area contributed by atoms with Crippen molar-refractivity contribution in [3.05, 3.63) is 29.3 Å². The zero-order valence-electron chi connectivity index (χ0n) is 10.8. The third-order valence-corrected chi connectivity index (χ3v) is 4.22. The molecule has 3 heteroatoms. The predicted molar refractivity (Wildman–Crippen MR) is 70.3 cm³/mol. The zero-order valence-corrected chi connectivity index (χ0v) is 10.8. The molecule has 1 unspecified atom stereocenters. The molecule has 3 nitrogen and oxygen atoms in total. The van der Waals surface area contributed by atoms with Crippen molar-refractivity contribution in [1.82, 2.24) is 0 Å². The van der Waals surface area contributed by atoms with Gasteiger partial charge in [0.05, 0.1) is 11.6 Å². The lowest BCUT2D eigenvalue weighted by atomic mass is 9.85. The Kier molecular flexibility index (Phi) is 2.39. The first-order chi connectivity index (χ1) is 8.54. The minimum atomic E-state index is -0.484. The van der Waals surface area contributed by atoms with Crippen LogP contribution < -0.4 is 4.90 Å². The number of rotatable bonds is 2. The molecule has 0 spiro atoms. The van der Waals surface area contributed by atoms with Crippen molar-refractivity contribution in [2.75, 3.05) is 11.4 Å². The number of hydrogen-bond donors (Lipinski definition) is 1. The van der Waals surface area contributed by atoms with Crippen molar-refractivity contribution in [2.24, 2.45) is 5.92 Å². The standard InChI is InChI=1S/C15H18N2O/c1-15(2)12-6-5-11(8-16)7-13(12)17(14(15)18)9-10-3-4-10/h5-7,10,14,18H,3-4,9H2,1-2H3. The second kappa shape index (κ2) is 3.73. The summed E-state index contributed by atoms with van der Waals surface area (Å²) < 4.78 is 0. The second-order valence-corrected chi connectivity index (χ2v) is 6.03. The molecular formula is C15H18N2O. The molecule has 0 saturated heterocycles. The molecule has 1 N–H and O–H groups in total. The van der Waals surface area contributed by atoms with E-state index in [1.807, 2.05) is 18.2 Å². The molecule has 94 valence electrons. The Morgan fingerprint density at radius 2 is 2.17 bits per heavy atom. The largest absolute Gasteiger partial charge is 0.373 e. The van der Waals surface area contributed by atoms with Gasteiger partial charge in [0, 0.05) is 17.6 Å². The van der Waals surface area contributed by atoms with Gasteiger partial charge in [-0.15, -0.1) is 0 Å². The lowest BCUT2D eigenvalue weighted by molar-refractivity contribution is 0.108. The first-order valence-corrected chi connectivity index (χ1v) is 6.53. The topological polar surface area (TPSA) is 47.3 Å². The average Bonchev–Trinajstić information content (AvgIpc) is 3.15. The van der Waals surface area contributed by atoms with Gasteiger partial charge in [-0.3, -0.25) is 0 Å². The maximum absolute atomic E-state index is 10.5. The van der Waals surface area contributed by atoms with E-state index >= 15 is 0 Å². The Balaban J connectivity index is 2.05. The number of nitrogens with zero attached hydrogens (tertiary/aromatic N) is 2. The highest BCUT2D eigenvalue weighted by molar-refractivity contribution is 5.65. The SMILES string of the molecule is CC1(C)c2ccc(C#N)cc2N(CC2CC2)C1O. The third kappa shape index (κ3) is 1.60. The van der Waals surface area contributed by atoms with Crippen LogP contribution in [0, 0.1) is 17.2 Å². The lowest BCUT2D eigenvalue weighted by Crippen LogP contribution is -2.42. The van der Waals surface area contributed by atoms with Crippen LogP contribution in [0.3, 0.4) is 0 Å². The fourth-order valence-corrected chi connectivity index (χ4v) is 2.82. The fraction of sp³-hybridized carbons (Fsp3) is 0.533. The molecule has 1 saturated carbocycles. The second-order valence-electron chi connectivity index (χ2n) is 6.03. The average molecular weight is 242 g/mol. The minimum Gasteiger partial charge on any atom is -0.373 e. The van der Waals surface area contributed by atoms with E-state index in [0.717, 1.165) is 17.8 Å². The van der Waals surface area contributed by atoms with Crippen molar-refractivity contribution in [1.29, 1.82) is 5.26 Å². The van der Waals surface area contributed by atoms with E-state index in [9.17, 15) is 5.11 Å². The molecule has 0 bridgehead atoms. The van der Waals surface area contributed by atoms with Gasteiger partial charge in [0.25, 0.3) is 0 Å². The van der Waals surface area contributed by atoms with Gasteiger partial charge in [0.1, 0.15) is 6.23 Å². The van der Waals surface area contributed by atoms with Crippen LogP contribution in [-0.2, 0) is 5.41 Å². The summed E-state index contributed by atoms with van der Waals surface area (Å²) in [5.41, 5.74) is 2.59. The van der Waals surface area contributed by atoms with Crippen LogP contribution in [0.15, 0.2) is 18.2 Å². The van der Waals surface area contributed by atoms with Crippen molar-refractivity contribution >= 4 is 5.69 Å². The van der Waals surface area contributed by atoms with Crippen LogP contribution in [0.4, 0.5) is 5.69 Å². The number of aliphatic hydroxyl groups is 1. The molecule has 18 heavy (non-hydrogen) atoms. The number of fused-ring (bicyclic) bond motifs is 1. The summed E-state index contributed by atoms with van der Waals surface area (Å²) in [6.45, 7) is 5.04. The lowest BCUT2D eigenvalue weighted by Gasteiger charge is -2.29. The summed E-state index contributed by atoms with van der Waals surface area (Å²) in [6.07, 6.45) is 2.04. The highest BCUT2D eigenvalue weighted by atomic mass is 16.3. The molecular weight excluding hydrogens is 224 g/mol. The highest BCUT2D eigenvalue weighted by Crippen LogP contribution is 2.46. The van der Waals surface area contributed by atoms with Gasteiger partial charge in [-0.05, 0) is 36.5 Å². The molecule has 1 heterocycles. The minimum absolute atomic E-state index is 0.266. The van der Waals surface area contributed by atoms with Crippen LogP contribution >= 0.6 is 0 Å². The number of hydrogen-bond acceptors (Lipinski definition) is 3. The highest BCUT2D eigenvalue weighted by Gasteiger charge is 2.45. The third-order valence-electron chi connectivity index (χ3n) is 4.22. The summed E-state index contributed by atoms with van der Waals surface area (Å²) >= 11 is 0. The first kappa shape index (κ1) is 11.6. The predicted octanol–water partition coefficient (Wildman–Crippen LogP) is 2.38. The van der Waals surface area contributed by atoms with Crippen LogP contribution in [0.2, 0.25) is 0 Å². The molecule has 1 aliphatic carbocycles. The van der Waals surface area contributed by atoms with Gasteiger partial charge < -0.3 is 10.0 Å². The summed E-state index contributed by atoms with van der Waals surface area (Å²) in [5, 5.41) is 19.5. The summed E-state index contributed by atoms with van der Waals surface area (Å²) in [7, 11) is 0. The maximum atomic E-state index is 10.5. The fourth-order valence-electron chi connectivity index (χ4n) is 2.82. The summed E-state index contributed by atoms with van der Waals surface area (Å²) in [5.74, 6) is 0.715. The number of benzene rings is 1. The van der Waals surface area contributed by atoms with Gasteiger partial charge in [0.15, 0.2) is 0 Å². The van der Waals surface area contributed by atoms with Crippen molar-refractivity contribution in [3.63, 3.8) is 0 Å². The smallest absolute Gasteiger partial charge is 0.136 e. The van der Waals surface area contributed by atoms with E-state index in [1.165, 1.54) is 12.8 Å². The molecule has 1 atom stereocenters. The monoisotopic (exact) mass is 242 g/mol. The number of anilines is 1. The van der Waals surface area contributed by atoms with E-state index in [-0.39, 0.29) is 5.41 Å². The molecule has 2 aliphatic rings. The molecule has 1 fully saturated rings. The molecule has 1 aliphatic heterocycles. The first-order valence-electron chi connectivity index (χ1n) is 6.53. The van der Waals surface area contributed by atoms with E-state index in [4.69, 9.17) is 5.26 Å². The Hall–Kier alpha value is -1.53. The van der Waals surface area contributed by atoms with Crippen LogP contribution in [0.5, 0.6) is 0 Å². The molecule has 1 aromatic rings. The Bertz CT molecular complexity index is 526. The molecule has 1 aromatic carbocycles. The zero-order chi connectivity index (χ0) is 12.9. The van der Waals surface area contributed by atoms with Crippen molar-refractivity contribution in [3.8, 4) is 6.07 Å². The van der Waals surface area contributed by atoms with E-state index in [2.05, 4.69) is 24.8 Å². The van der Waals surface area contributed by atoms with Crippen LogP contribution in [-0.4, -0.2) is 17.9 Å². The van der Waals surface area contributed by atoms with E-state index in [1.54, 1.807) is 0 Å². The molecule has 0 amide bonds. The Labute approximate surface area is 108 Å². The van der Waals surface area contributed by atoms with Crippen molar-refractivity contribution < 1.29 is 5.11 Å². The summed E-state index contributed by atoms with van der Waals surface area (Å²) in [6, 6.07) is 7.92. The molecule has 0 aromatic heterocycles. The van der Waals surface area contributed by atoms with Gasteiger partial charge in [-0.2, -0.15) is 5.26 Å². The maximum Gasteiger partial charge on any atom is 0.136 e.